The van der Waals surface area contributed by atoms with Gasteiger partial charge in [0, 0.05) is 11.8 Å². The molecule has 1 fully saturated rings. The molecule has 3 heteroatoms. The van der Waals surface area contributed by atoms with Crippen LogP contribution < -0.4 is 0 Å². The van der Waals surface area contributed by atoms with E-state index in [1.807, 2.05) is 20.8 Å². The van der Waals surface area contributed by atoms with Crippen LogP contribution in [0.5, 0.6) is 0 Å². The van der Waals surface area contributed by atoms with Crippen molar-refractivity contribution in [3.63, 3.8) is 0 Å². The van der Waals surface area contributed by atoms with Crippen LogP contribution in [-0.4, -0.2) is 24.8 Å². The van der Waals surface area contributed by atoms with Gasteiger partial charge in [-0.2, -0.15) is 0 Å². The first-order valence-electron chi connectivity index (χ1n) is 6.22. The lowest BCUT2D eigenvalue weighted by Crippen LogP contribution is -2.44. The molecule has 0 aromatic carbocycles. The molecule has 0 bridgehead atoms. The largest absolute Gasteiger partial charge is 0.350 e. The molecule has 0 aliphatic carbocycles. The molecule has 3 nitrogen and oxygen atoms in total. The first-order valence-corrected chi connectivity index (χ1v) is 6.22. The summed E-state index contributed by atoms with van der Waals surface area (Å²) in [5.41, 5.74) is 0. The van der Waals surface area contributed by atoms with E-state index in [1.165, 1.54) is 0 Å². The fourth-order valence-electron chi connectivity index (χ4n) is 2.41. The van der Waals surface area contributed by atoms with Crippen molar-refractivity contribution in [1.82, 2.24) is 0 Å². The van der Waals surface area contributed by atoms with Crippen molar-refractivity contribution < 1.29 is 14.3 Å². The molecule has 1 aliphatic heterocycles. The fraction of sp³-hybridized carbons (Fsp3) is 0.923. The highest BCUT2D eigenvalue weighted by Gasteiger charge is 2.37. The van der Waals surface area contributed by atoms with E-state index in [9.17, 15) is 4.79 Å². The van der Waals surface area contributed by atoms with Crippen LogP contribution in [0.3, 0.4) is 0 Å². The maximum absolute atomic E-state index is 10.8. The summed E-state index contributed by atoms with van der Waals surface area (Å²) in [4.78, 5) is 10.8. The third-order valence-corrected chi connectivity index (χ3v) is 3.20. The number of ether oxygens (including phenoxy) is 2. The molecular formula is C13H24O3. The van der Waals surface area contributed by atoms with Gasteiger partial charge >= 0.3 is 0 Å². The van der Waals surface area contributed by atoms with E-state index in [2.05, 4.69) is 13.8 Å². The van der Waals surface area contributed by atoms with Crippen molar-refractivity contribution in [1.29, 1.82) is 0 Å². The topological polar surface area (TPSA) is 35.5 Å². The van der Waals surface area contributed by atoms with Crippen molar-refractivity contribution in [2.45, 2.75) is 59.5 Å². The van der Waals surface area contributed by atoms with Crippen LogP contribution in [-0.2, 0) is 14.3 Å². The molecule has 1 aliphatic rings. The average molecular weight is 228 g/mol. The zero-order valence-electron chi connectivity index (χ0n) is 11.0. The summed E-state index contributed by atoms with van der Waals surface area (Å²) < 4.78 is 11.7. The summed E-state index contributed by atoms with van der Waals surface area (Å²) in [6.45, 7) is 10.2. The van der Waals surface area contributed by atoms with Gasteiger partial charge in [-0.3, -0.25) is 0 Å². The van der Waals surface area contributed by atoms with Gasteiger partial charge in [0.05, 0.1) is 12.2 Å². The second kappa shape index (κ2) is 5.78. The van der Waals surface area contributed by atoms with Gasteiger partial charge in [0.25, 0.3) is 0 Å². The minimum atomic E-state index is -0.163. The third-order valence-electron chi connectivity index (χ3n) is 3.20. The van der Waals surface area contributed by atoms with Crippen molar-refractivity contribution in [3.8, 4) is 0 Å². The maximum Gasteiger partial charge on any atom is 0.160 e. The van der Waals surface area contributed by atoms with Gasteiger partial charge in [-0.1, -0.05) is 20.8 Å². The number of aldehydes is 1. The molecular weight excluding hydrogens is 204 g/mol. The third kappa shape index (κ3) is 3.29. The molecule has 1 heterocycles. The van der Waals surface area contributed by atoms with Crippen molar-refractivity contribution in [2.75, 3.05) is 0 Å². The Morgan fingerprint density at radius 1 is 1.25 bits per heavy atom. The van der Waals surface area contributed by atoms with E-state index < -0.39 is 0 Å². The first-order chi connectivity index (χ1) is 7.45. The van der Waals surface area contributed by atoms with Crippen molar-refractivity contribution in [2.24, 2.45) is 17.8 Å². The molecule has 1 rings (SSSR count). The molecule has 0 saturated carbocycles. The van der Waals surface area contributed by atoms with Crippen LogP contribution >= 0.6 is 0 Å². The lowest BCUT2D eigenvalue weighted by molar-refractivity contribution is -0.251. The van der Waals surface area contributed by atoms with Crippen molar-refractivity contribution >= 4 is 6.29 Å². The van der Waals surface area contributed by atoms with Gasteiger partial charge < -0.3 is 14.3 Å². The SMILES string of the molecule is CC(C)OC1O[C@H]([C@@H](C)C=O)C(C)CC1C. The lowest BCUT2D eigenvalue weighted by atomic mass is 9.84. The summed E-state index contributed by atoms with van der Waals surface area (Å²) in [6, 6.07) is 0. The molecule has 0 aromatic heterocycles. The fourth-order valence-corrected chi connectivity index (χ4v) is 2.41. The summed E-state index contributed by atoms with van der Waals surface area (Å²) in [6.07, 6.45) is 2.03. The number of rotatable bonds is 4. The highest BCUT2D eigenvalue weighted by atomic mass is 16.7. The molecule has 94 valence electrons. The van der Waals surface area contributed by atoms with Gasteiger partial charge in [-0.15, -0.1) is 0 Å². The molecule has 16 heavy (non-hydrogen) atoms. The number of hydrogen-bond donors (Lipinski definition) is 0. The Kier molecular flexibility index (Phi) is 4.93. The van der Waals surface area contributed by atoms with E-state index in [4.69, 9.17) is 9.47 Å². The van der Waals surface area contributed by atoms with Crippen LogP contribution in [0, 0.1) is 17.8 Å². The Balaban J connectivity index is 2.64. The minimum absolute atomic E-state index is 0.00236. The summed E-state index contributed by atoms with van der Waals surface area (Å²) in [7, 11) is 0. The molecule has 1 saturated heterocycles. The monoisotopic (exact) mass is 228 g/mol. The standard InChI is InChI=1S/C13H24O3/c1-8(2)15-13-10(4)6-9(3)12(16-13)11(5)7-14/h7-13H,6H2,1-5H3/t9?,10?,11-,12-,13?/m0/s1. The predicted octanol–water partition coefficient (Wildman–Crippen LogP) is 2.63. The average Bonchev–Trinajstić information content (AvgIpc) is 2.20. The van der Waals surface area contributed by atoms with Crippen LogP contribution in [0.15, 0.2) is 0 Å². The van der Waals surface area contributed by atoms with E-state index >= 15 is 0 Å². The quantitative estimate of drug-likeness (QED) is 0.694. The van der Waals surface area contributed by atoms with Gasteiger partial charge in [0.1, 0.15) is 6.29 Å². The molecule has 3 unspecified atom stereocenters. The van der Waals surface area contributed by atoms with Crippen LogP contribution in [0.1, 0.15) is 41.0 Å². The molecule has 0 aromatic rings. The normalized spacial score (nSPS) is 37.4. The molecule has 5 atom stereocenters. The number of carbonyl (C=O) groups excluding carboxylic acids is 1. The summed E-state index contributed by atoms with van der Waals surface area (Å²) >= 11 is 0. The maximum atomic E-state index is 10.8. The molecule has 0 N–H and O–H groups in total. The molecule has 0 amide bonds. The molecule has 0 radical (unpaired) electrons. The predicted molar refractivity (Wildman–Crippen MR) is 63.1 cm³/mol. The van der Waals surface area contributed by atoms with E-state index in [0.29, 0.717) is 11.8 Å². The zero-order valence-corrected chi connectivity index (χ0v) is 11.0. The summed E-state index contributed by atoms with van der Waals surface area (Å²) in [5.74, 6) is 0.760. The van der Waals surface area contributed by atoms with Gasteiger partial charge in [-0.05, 0) is 26.2 Å². The van der Waals surface area contributed by atoms with Gasteiger partial charge in [0.2, 0.25) is 0 Å². The number of carbonyl (C=O) groups is 1. The van der Waals surface area contributed by atoms with E-state index in [0.717, 1.165) is 12.7 Å². The Morgan fingerprint density at radius 3 is 2.38 bits per heavy atom. The van der Waals surface area contributed by atoms with Crippen LogP contribution in [0.25, 0.3) is 0 Å². The Labute approximate surface area is 98.5 Å². The smallest absolute Gasteiger partial charge is 0.160 e. The second-order valence-corrected chi connectivity index (χ2v) is 5.34. The first kappa shape index (κ1) is 13.7. The Morgan fingerprint density at radius 2 is 1.88 bits per heavy atom. The van der Waals surface area contributed by atoms with Gasteiger partial charge in [0.15, 0.2) is 6.29 Å². The van der Waals surface area contributed by atoms with Crippen LogP contribution in [0.2, 0.25) is 0 Å². The number of hydrogen-bond acceptors (Lipinski definition) is 3. The summed E-state index contributed by atoms with van der Waals surface area (Å²) in [5, 5.41) is 0. The lowest BCUT2D eigenvalue weighted by Gasteiger charge is -2.40. The zero-order chi connectivity index (χ0) is 12.3. The molecule has 0 spiro atoms. The highest BCUT2D eigenvalue weighted by Crippen LogP contribution is 2.33. The van der Waals surface area contributed by atoms with Crippen LogP contribution in [0.4, 0.5) is 0 Å². The van der Waals surface area contributed by atoms with E-state index in [-0.39, 0.29) is 24.4 Å². The Bertz CT molecular complexity index is 227. The van der Waals surface area contributed by atoms with Crippen molar-refractivity contribution in [3.05, 3.63) is 0 Å². The van der Waals surface area contributed by atoms with E-state index in [1.54, 1.807) is 0 Å². The Hall–Kier alpha value is -0.410. The minimum Gasteiger partial charge on any atom is -0.350 e. The van der Waals surface area contributed by atoms with Gasteiger partial charge in [-0.25, -0.2) is 0 Å². The second-order valence-electron chi connectivity index (χ2n) is 5.34. The highest BCUT2D eigenvalue weighted by molar-refractivity contribution is 5.53.